The van der Waals surface area contributed by atoms with Crippen LogP contribution in [0.4, 0.5) is 5.69 Å². The van der Waals surface area contributed by atoms with Gasteiger partial charge >= 0.3 is 0 Å². The zero-order valence-electron chi connectivity index (χ0n) is 8.13. The fourth-order valence-electron chi connectivity index (χ4n) is 1.02. The van der Waals surface area contributed by atoms with Crippen LogP contribution < -0.4 is 11.1 Å². The zero-order chi connectivity index (χ0) is 11.5. The van der Waals surface area contributed by atoms with Gasteiger partial charge in [0.25, 0.3) is 10.1 Å². The summed E-state index contributed by atoms with van der Waals surface area (Å²) in [7, 11) is -4.21. The Morgan fingerprint density at radius 1 is 1.50 bits per heavy atom. The third-order valence-electron chi connectivity index (χ3n) is 1.73. The molecule has 0 fully saturated rings. The second kappa shape index (κ2) is 6.27. The van der Waals surface area contributed by atoms with Gasteiger partial charge in [0.15, 0.2) is 5.37 Å². The molecule has 0 amide bonds. The van der Waals surface area contributed by atoms with Crippen molar-refractivity contribution in [2.45, 2.75) is 5.37 Å². The molecule has 5 nitrogen and oxygen atoms in total. The van der Waals surface area contributed by atoms with Crippen LogP contribution in [0.25, 0.3) is 0 Å². The lowest BCUT2D eigenvalue weighted by atomic mass is 10.3. The van der Waals surface area contributed by atoms with Gasteiger partial charge in [0.05, 0.1) is 0 Å². The number of nitrogens with one attached hydrogen (secondary N) is 1. The Kier molecular flexibility index (Phi) is 6.06. The van der Waals surface area contributed by atoms with Crippen LogP contribution in [0.5, 0.6) is 0 Å². The van der Waals surface area contributed by atoms with Crippen LogP contribution in [0.1, 0.15) is 0 Å². The van der Waals surface area contributed by atoms with Crippen LogP contribution >= 0.6 is 24.0 Å². The van der Waals surface area contributed by atoms with Crippen LogP contribution in [0.3, 0.4) is 0 Å². The summed E-state index contributed by atoms with van der Waals surface area (Å²) >= 11 is 5.70. The Hall–Kier alpha value is -0.530. The van der Waals surface area contributed by atoms with E-state index in [1.165, 1.54) is 6.07 Å². The Bertz CT molecular complexity index is 439. The first-order chi connectivity index (χ1) is 6.93. The summed E-state index contributed by atoms with van der Waals surface area (Å²) in [6, 6.07) is 6.47. The van der Waals surface area contributed by atoms with E-state index < -0.39 is 15.5 Å². The number of nitrogens with two attached hydrogens (primary N) is 1. The van der Waals surface area contributed by atoms with E-state index >= 15 is 0 Å². The van der Waals surface area contributed by atoms with Crippen LogP contribution in [-0.2, 0) is 10.1 Å². The van der Waals surface area contributed by atoms with Crippen molar-refractivity contribution < 1.29 is 13.0 Å². The second-order valence-corrected chi connectivity index (χ2v) is 4.93. The summed E-state index contributed by atoms with van der Waals surface area (Å²) in [5, 5.41) is 1.80. The van der Waals surface area contributed by atoms with Crippen molar-refractivity contribution in [2.75, 3.05) is 11.9 Å². The predicted octanol–water partition coefficient (Wildman–Crippen LogP) is 1.35. The molecule has 0 radical (unpaired) electrons. The maximum absolute atomic E-state index is 10.8. The second-order valence-electron chi connectivity index (χ2n) is 2.89. The normalized spacial score (nSPS) is 12.7. The Morgan fingerprint density at radius 3 is 2.56 bits per heavy atom. The third kappa shape index (κ3) is 4.54. The number of benzene rings is 1. The van der Waals surface area contributed by atoms with Crippen molar-refractivity contribution in [1.29, 1.82) is 0 Å². The largest absolute Gasteiger partial charge is 0.366 e. The SMILES string of the molecule is Cl.NCC(Nc1cccc(Cl)c1)S(=O)(=O)O. The van der Waals surface area contributed by atoms with Gasteiger partial charge in [-0.05, 0) is 18.2 Å². The molecule has 1 aromatic carbocycles. The van der Waals surface area contributed by atoms with Crippen molar-refractivity contribution in [1.82, 2.24) is 0 Å². The van der Waals surface area contributed by atoms with Gasteiger partial charge in [-0.3, -0.25) is 4.55 Å². The van der Waals surface area contributed by atoms with E-state index in [1.54, 1.807) is 18.2 Å². The molecular formula is C8H12Cl2N2O3S. The van der Waals surface area contributed by atoms with Crippen molar-refractivity contribution >= 4 is 39.8 Å². The molecule has 0 heterocycles. The first-order valence-electron chi connectivity index (χ1n) is 4.12. The van der Waals surface area contributed by atoms with Gasteiger partial charge < -0.3 is 11.1 Å². The number of halogens is 2. The van der Waals surface area contributed by atoms with E-state index in [-0.39, 0.29) is 19.0 Å². The van der Waals surface area contributed by atoms with Crippen molar-refractivity contribution in [2.24, 2.45) is 5.73 Å². The van der Waals surface area contributed by atoms with Crippen molar-refractivity contribution in [3.05, 3.63) is 29.3 Å². The summed E-state index contributed by atoms with van der Waals surface area (Å²) in [6.07, 6.45) is 0. The molecule has 4 N–H and O–H groups in total. The van der Waals surface area contributed by atoms with E-state index in [0.717, 1.165) is 0 Å². The lowest BCUT2D eigenvalue weighted by Crippen LogP contribution is -2.36. The van der Waals surface area contributed by atoms with Gasteiger partial charge in [-0.2, -0.15) is 8.42 Å². The minimum absolute atomic E-state index is 0. The standard InChI is InChI=1S/C8H11ClN2O3S.ClH/c9-6-2-1-3-7(4-6)11-8(5-10)15(12,13)14;/h1-4,8,11H,5,10H2,(H,12,13,14);1H. The topological polar surface area (TPSA) is 92.4 Å². The first kappa shape index (κ1) is 15.5. The molecule has 8 heteroatoms. The number of rotatable bonds is 4. The minimum atomic E-state index is -4.21. The molecule has 0 aromatic heterocycles. The maximum Gasteiger partial charge on any atom is 0.287 e. The average molecular weight is 287 g/mol. The summed E-state index contributed by atoms with van der Waals surface area (Å²) in [6.45, 7) is -0.231. The zero-order valence-corrected chi connectivity index (χ0v) is 10.5. The molecule has 16 heavy (non-hydrogen) atoms. The van der Waals surface area contributed by atoms with Crippen LogP contribution in [0.2, 0.25) is 5.02 Å². The molecule has 92 valence electrons. The molecule has 0 aliphatic carbocycles. The van der Waals surface area contributed by atoms with Gasteiger partial charge in [0, 0.05) is 17.3 Å². The molecule has 1 atom stereocenters. The molecule has 0 saturated carbocycles. The van der Waals surface area contributed by atoms with E-state index in [1.807, 2.05) is 0 Å². The number of anilines is 1. The van der Waals surface area contributed by atoms with Crippen molar-refractivity contribution in [3.8, 4) is 0 Å². The van der Waals surface area contributed by atoms with E-state index in [9.17, 15) is 8.42 Å². The summed E-state index contributed by atoms with van der Waals surface area (Å²) < 4.78 is 30.5. The average Bonchev–Trinajstić information content (AvgIpc) is 2.12. The summed E-state index contributed by atoms with van der Waals surface area (Å²) in [4.78, 5) is 0. The van der Waals surface area contributed by atoms with E-state index in [4.69, 9.17) is 21.9 Å². The quantitative estimate of drug-likeness (QED) is 0.727. The molecule has 0 bridgehead atoms. The van der Waals surface area contributed by atoms with Gasteiger partial charge in [0.1, 0.15) is 0 Å². The summed E-state index contributed by atoms with van der Waals surface area (Å²) in [5.74, 6) is 0. The monoisotopic (exact) mass is 286 g/mol. The molecule has 1 rings (SSSR count). The number of hydrogen-bond donors (Lipinski definition) is 3. The highest BCUT2D eigenvalue weighted by Gasteiger charge is 2.20. The first-order valence-corrected chi connectivity index (χ1v) is 6.00. The fourth-order valence-corrected chi connectivity index (χ4v) is 1.74. The lowest BCUT2D eigenvalue weighted by molar-refractivity contribution is 0.472. The summed E-state index contributed by atoms with van der Waals surface area (Å²) in [5.41, 5.74) is 5.69. The molecular weight excluding hydrogens is 275 g/mol. The van der Waals surface area contributed by atoms with Gasteiger partial charge in [-0.1, -0.05) is 17.7 Å². The molecule has 0 spiro atoms. The molecule has 0 aliphatic rings. The third-order valence-corrected chi connectivity index (χ3v) is 2.99. The van der Waals surface area contributed by atoms with Crippen LogP contribution in [0, 0.1) is 0 Å². The van der Waals surface area contributed by atoms with Crippen LogP contribution in [0.15, 0.2) is 24.3 Å². The van der Waals surface area contributed by atoms with Gasteiger partial charge in [-0.15, -0.1) is 12.4 Å². The van der Waals surface area contributed by atoms with E-state index in [0.29, 0.717) is 10.7 Å². The maximum atomic E-state index is 10.8. The Morgan fingerprint density at radius 2 is 2.12 bits per heavy atom. The molecule has 0 aliphatic heterocycles. The van der Waals surface area contributed by atoms with Gasteiger partial charge in [0.2, 0.25) is 0 Å². The Balaban J connectivity index is 0.00000225. The molecule has 0 saturated heterocycles. The highest BCUT2D eigenvalue weighted by atomic mass is 35.5. The molecule has 1 aromatic rings. The predicted molar refractivity (Wildman–Crippen MR) is 66.7 cm³/mol. The Labute approximate surface area is 105 Å². The number of hydrogen-bond acceptors (Lipinski definition) is 4. The highest BCUT2D eigenvalue weighted by Crippen LogP contribution is 2.16. The minimum Gasteiger partial charge on any atom is -0.366 e. The smallest absolute Gasteiger partial charge is 0.287 e. The highest BCUT2D eigenvalue weighted by molar-refractivity contribution is 7.86. The lowest BCUT2D eigenvalue weighted by Gasteiger charge is -2.14. The van der Waals surface area contributed by atoms with Crippen LogP contribution in [-0.4, -0.2) is 24.9 Å². The van der Waals surface area contributed by atoms with Crippen molar-refractivity contribution in [3.63, 3.8) is 0 Å². The van der Waals surface area contributed by atoms with E-state index in [2.05, 4.69) is 5.32 Å². The fraction of sp³-hybridized carbons (Fsp3) is 0.250. The molecule has 1 unspecified atom stereocenters. The van der Waals surface area contributed by atoms with Gasteiger partial charge in [-0.25, -0.2) is 0 Å².